The van der Waals surface area contributed by atoms with Gasteiger partial charge in [0.1, 0.15) is 12.1 Å². The number of hydrogen-bond acceptors (Lipinski definition) is 5. The van der Waals surface area contributed by atoms with E-state index in [9.17, 15) is 0 Å². The third-order valence-electron chi connectivity index (χ3n) is 1.38. The van der Waals surface area contributed by atoms with Crippen LogP contribution < -0.4 is 17.0 Å². The first-order valence-electron chi connectivity index (χ1n) is 3.49. The van der Waals surface area contributed by atoms with Crippen molar-refractivity contribution in [2.75, 3.05) is 11.2 Å². The summed E-state index contributed by atoms with van der Waals surface area (Å²) in [6, 6.07) is 0. The molecule has 5 N–H and O–H groups in total. The summed E-state index contributed by atoms with van der Waals surface area (Å²) < 4.78 is 0. The number of rotatable bonds is 2. The van der Waals surface area contributed by atoms with E-state index < -0.39 is 0 Å². The Bertz CT molecular complexity index is 294. The second-order valence-electron chi connectivity index (χ2n) is 2.17. The maximum atomic E-state index is 5.59. The third kappa shape index (κ3) is 1.51. The fourth-order valence-electron chi connectivity index (χ4n) is 0.855. The molecule has 64 valence electrons. The number of nitrogen functional groups attached to an aromatic ring is 2. The largest absolute Gasteiger partial charge is 0.383 e. The lowest BCUT2D eigenvalue weighted by molar-refractivity contribution is 1.14. The molecule has 0 aliphatic rings. The van der Waals surface area contributed by atoms with E-state index in [1.165, 1.54) is 6.33 Å². The monoisotopic (exact) mass is 165 g/mol. The summed E-state index contributed by atoms with van der Waals surface area (Å²) in [7, 11) is 0. The molecule has 0 bridgehead atoms. The zero-order valence-corrected chi connectivity index (χ0v) is 6.78. The average Bonchev–Trinajstić information content (AvgIpc) is 2.09. The van der Waals surface area contributed by atoms with Gasteiger partial charge in [0.2, 0.25) is 0 Å². The predicted molar refractivity (Wildman–Crippen MR) is 49.0 cm³/mol. The van der Waals surface area contributed by atoms with Gasteiger partial charge in [-0.2, -0.15) is 0 Å². The van der Waals surface area contributed by atoms with Crippen LogP contribution in [0.2, 0.25) is 0 Å². The first-order valence-corrected chi connectivity index (χ1v) is 3.49. The Morgan fingerprint density at radius 1 is 1.50 bits per heavy atom. The van der Waals surface area contributed by atoms with Gasteiger partial charge in [-0.25, -0.2) is 15.8 Å². The first kappa shape index (κ1) is 8.48. The summed E-state index contributed by atoms with van der Waals surface area (Å²) in [6.45, 7) is 1.88. The van der Waals surface area contributed by atoms with Crippen molar-refractivity contribution >= 4 is 17.7 Å². The summed E-state index contributed by atoms with van der Waals surface area (Å²) >= 11 is 0. The molecule has 5 heteroatoms. The summed E-state index contributed by atoms with van der Waals surface area (Å²) in [5.41, 5.74) is 8.73. The van der Waals surface area contributed by atoms with Crippen LogP contribution in [0.5, 0.6) is 0 Å². The Kier molecular flexibility index (Phi) is 2.60. The van der Waals surface area contributed by atoms with E-state index in [1.807, 2.05) is 13.0 Å². The maximum Gasteiger partial charge on any atom is 0.152 e. The number of aromatic nitrogens is 2. The van der Waals surface area contributed by atoms with Gasteiger partial charge in [-0.05, 0) is 6.92 Å². The molecule has 0 atom stereocenters. The molecule has 0 unspecified atom stereocenters. The van der Waals surface area contributed by atoms with Crippen molar-refractivity contribution in [2.45, 2.75) is 6.92 Å². The molecule has 0 aliphatic heterocycles. The highest BCUT2D eigenvalue weighted by molar-refractivity contribution is 5.70. The molecule has 1 rings (SSSR count). The van der Waals surface area contributed by atoms with E-state index in [0.717, 1.165) is 0 Å². The van der Waals surface area contributed by atoms with Crippen molar-refractivity contribution < 1.29 is 0 Å². The molecule has 1 aromatic rings. The van der Waals surface area contributed by atoms with E-state index in [1.54, 1.807) is 6.08 Å². The quantitative estimate of drug-likeness (QED) is 0.435. The molecule has 0 radical (unpaired) electrons. The molecule has 12 heavy (non-hydrogen) atoms. The second-order valence-corrected chi connectivity index (χ2v) is 2.17. The number of nitrogens with zero attached hydrogens (tertiary/aromatic N) is 2. The number of nitrogens with one attached hydrogen (secondary N) is 1. The predicted octanol–water partition coefficient (Wildman–Crippen LogP) is 0.378. The lowest BCUT2D eigenvalue weighted by atomic mass is 10.2. The molecular formula is C7H11N5. The van der Waals surface area contributed by atoms with Gasteiger partial charge >= 0.3 is 0 Å². The fraction of sp³-hybridized carbons (Fsp3) is 0.143. The molecule has 0 saturated heterocycles. The molecule has 1 aromatic heterocycles. The molecular weight excluding hydrogens is 154 g/mol. The van der Waals surface area contributed by atoms with Crippen molar-refractivity contribution in [3.05, 3.63) is 18.0 Å². The molecule has 0 saturated carbocycles. The van der Waals surface area contributed by atoms with Gasteiger partial charge in [0.05, 0.1) is 5.56 Å². The number of hydrazine groups is 1. The highest BCUT2D eigenvalue weighted by Crippen LogP contribution is 2.17. The van der Waals surface area contributed by atoms with Gasteiger partial charge in [-0.15, -0.1) is 0 Å². The molecule has 1 heterocycles. The van der Waals surface area contributed by atoms with Gasteiger partial charge in [-0.1, -0.05) is 12.2 Å². The van der Waals surface area contributed by atoms with Crippen LogP contribution >= 0.6 is 0 Å². The molecule has 0 amide bonds. The zero-order chi connectivity index (χ0) is 8.97. The lowest BCUT2D eigenvalue weighted by Gasteiger charge is -2.04. The minimum atomic E-state index is 0.413. The van der Waals surface area contributed by atoms with Gasteiger partial charge in [0.25, 0.3) is 0 Å². The number of nitrogens with two attached hydrogens (primary N) is 2. The SMILES string of the molecule is C/C=C\c1c(N)ncnc1NN. The van der Waals surface area contributed by atoms with Crippen LogP contribution in [0.15, 0.2) is 12.4 Å². The van der Waals surface area contributed by atoms with Crippen molar-refractivity contribution in [2.24, 2.45) is 5.84 Å². The Labute approximate surface area is 70.5 Å². The minimum absolute atomic E-state index is 0.413. The van der Waals surface area contributed by atoms with Crippen molar-refractivity contribution in [3.8, 4) is 0 Å². The van der Waals surface area contributed by atoms with E-state index in [0.29, 0.717) is 17.2 Å². The van der Waals surface area contributed by atoms with Gasteiger partial charge in [0.15, 0.2) is 5.82 Å². The van der Waals surface area contributed by atoms with Crippen LogP contribution in [0.4, 0.5) is 11.6 Å². The highest BCUT2D eigenvalue weighted by atomic mass is 15.3. The van der Waals surface area contributed by atoms with Gasteiger partial charge in [-0.3, -0.25) is 0 Å². The van der Waals surface area contributed by atoms with Crippen LogP contribution in [0.3, 0.4) is 0 Å². The number of hydrogen-bond donors (Lipinski definition) is 3. The summed E-state index contributed by atoms with van der Waals surface area (Å²) in [5, 5.41) is 0. The van der Waals surface area contributed by atoms with Crippen LogP contribution in [-0.4, -0.2) is 9.97 Å². The van der Waals surface area contributed by atoms with Crippen LogP contribution in [-0.2, 0) is 0 Å². The van der Waals surface area contributed by atoms with E-state index in [4.69, 9.17) is 11.6 Å². The average molecular weight is 165 g/mol. The lowest BCUT2D eigenvalue weighted by Crippen LogP contribution is -2.11. The summed E-state index contributed by atoms with van der Waals surface area (Å²) in [4.78, 5) is 7.72. The van der Waals surface area contributed by atoms with Crippen molar-refractivity contribution in [3.63, 3.8) is 0 Å². The summed E-state index contributed by atoms with van der Waals surface area (Å²) in [6.07, 6.45) is 5.00. The van der Waals surface area contributed by atoms with Gasteiger partial charge in [0, 0.05) is 0 Å². The van der Waals surface area contributed by atoms with E-state index in [2.05, 4.69) is 15.4 Å². The number of anilines is 2. The van der Waals surface area contributed by atoms with Crippen molar-refractivity contribution in [1.82, 2.24) is 9.97 Å². The smallest absolute Gasteiger partial charge is 0.152 e. The van der Waals surface area contributed by atoms with E-state index >= 15 is 0 Å². The Morgan fingerprint density at radius 2 is 2.25 bits per heavy atom. The topological polar surface area (TPSA) is 89.8 Å². The van der Waals surface area contributed by atoms with E-state index in [-0.39, 0.29) is 0 Å². The molecule has 0 aliphatic carbocycles. The second kappa shape index (κ2) is 3.68. The maximum absolute atomic E-state index is 5.59. The molecule has 0 fully saturated rings. The Balaban J connectivity index is 3.19. The molecule has 0 spiro atoms. The molecule has 5 nitrogen and oxygen atoms in total. The normalized spacial score (nSPS) is 10.5. The molecule has 0 aromatic carbocycles. The third-order valence-corrected chi connectivity index (χ3v) is 1.38. The van der Waals surface area contributed by atoms with Crippen LogP contribution in [0, 0.1) is 0 Å². The minimum Gasteiger partial charge on any atom is -0.383 e. The fourth-order valence-corrected chi connectivity index (χ4v) is 0.855. The number of allylic oxidation sites excluding steroid dienone is 1. The Morgan fingerprint density at radius 3 is 2.83 bits per heavy atom. The summed E-state index contributed by atoms with van der Waals surface area (Å²) in [5.74, 6) is 6.16. The Hall–Kier alpha value is -1.62. The van der Waals surface area contributed by atoms with Crippen LogP contribution in [0.1, 0.15) is 12.5 Å². The van der Waals surface area contributed by atoms with Gasteiger partial charge < -0.3 is 11.2 Å². The standard InChI is InChI=1S/C7H11N5/c1-2-3-5-6(8)10-4-11-7(5)12-9/h2-4H,9H2,1H3,(H3,8,10,11,12)/b3-2-. The van der Waals surface area contributed by atoms with Crippen molar-refractivity contribution in [1.29, 1.82) is 0 Å². The first-order chi connectivity index (χ1) is 5.79. The van der Waals surface area contributed by atoms with Crippen LogP contribution in [0.25, 0.3) is 6.08 Å². The zero-order valence-electron chi connectivity index (χ0n) is 6.78. The highest BCUT2D eigenvalue weighted by Gasteiger charge is 2.02.